The fourth-order valence-corrected chi connectivity index (χ4v) is 1.23. The molecule has 0 aliphatic heterocycles. The lowest BCUT2D eigenvalue weighted by molar-refractivity contribution is 0.123. The summed E-state index contributed by atoms with van der Waals surface area (Å²) in [5.74, 6) is 0.412. The summed E-state index contributed by atoms with van der Waals surface area (Å²) in [7, 11) is 0. The van der Waals surface area contributed by atoms with Crippen molar-refractivity contribution in [2.45, 2.75) is 33.3 Å². The van der Waals surface area contributed by atoms with Gasteiger partial charge in [0, 0.05) is 6.20 Å². The molecule has 1 aromatic rings. The zero-order chi connectivity index (χ0) is 11.6. The first-order chi connectivity index (χ1) is 6.81. The Labute approximate surface area is 90.0 Å². The van der Waals surface area contributed by atoms with E-state index in [0.717, 1.165) is 5.56 Å². The predicted molar refractivity (Wildman–Crippen MR) is 60.4 cm³/mol. The van der Waals surface area contributed by atoms with Gasteiger partial charge in [-0.25, -0.2) is 4.98 Å². The Morgan fingerprint density at radius 3 is 2.53 bits per heavy atom. The molecule has 1 heterocycles. The highest BCUT2D eigenvalue weighted by Crippen LogP contribution is 2.22. The highest BCUT2D eigenvalue weighted by Gasteiger charge is 2.18. The molecule has 0 amide bonds. The van der Waals surface area contributed by atoms with Crippen molar-refractivity contribution in [3.63, 3.8) is 0 Å². The highest BCUT2D eigenvalue weighted by molar-refractivity contribution is 5.98. The van der Waals surface area contributed by atoms with Gasteiger partial charge in [0.05, 0.1) is 5.56 Å². The summed E-state index contributed by atoms with van der Waals surface area (Å²) in [6, 6.07) is 1.81. The number of ether oxygens (including phenoxy) is 1. The molecule has 1 aromatic heterocycles. The lowest BCUT2D eigenvalue weighted by atomic mass is 10.1. The molecule has 0 radical (unpaired) electrons. The largest absolute Gasteiger partial charge is 0.471 e. The van der Waals surface area contributed by atoms with Crippen molar-refractivity contribution in [3.8, 4) is 5.88 Å². The van der Waals surface area contributed by atoms with Gasteiger partial charge in [-0.1, -0.05) is 0 Å². The Bertz CT molecular complexity index is 380. The molecule has 1 rings (SSSR count). The van der Waals surface area contributed by atoms with Crippen LogP contribution in [0.4, 0.5) is 0 Å². The van der Waals surface area contributed by atoms with E-state index in [4.69, 9.17) is 15.9 Å². The van der Waals surface area contributed by atoms with Crippen molar-refractivity contribution < 1.29 is 4.74 Å². The van der Waals surface area contributed by atoms with Gasteiger partial charge in [0.1, 0.15) is 11.4 Å². The number of nitrogens with zero attached hydrogens (tertiary/aromatic N) is 1. The van der Waals surface area contributed by atoms with Gasteiger partial charge >= 0.3 is 0 Å². The first-order valence-electron chi connectivity index (χ1n) is 4.80. The maximum Gasteiger partial charge on any atom is 0.225 e. The average molecular weight is 207 g/mol. The summed E-state index contributed by atoms with van der Waals surface area (Å²) in [4.78, 5) is 4.10. The molecule has 0 fully saturated rings. The first kappa shape index (κ1) is 11.5. The van der Waals surface area contributed by atoms with Crippen molar-refractivity contribution in [3.05, 3.63) is 23.4 Å². The summed E-state index contributed by atoms with van der Waals surface area (Å²) >= 11 is 0. The lowest BCUT2D eigenvalue weighted by Crippen LogP contribution is -2.26. The van der Waals surface area contributed by atoms with Gasteiger partial charge in [0.2, 0.25) is 5.88 Å². The van der Waals surface area contributed by atoms with E-state index in [-0.39, 0.29) is 11.4 Å². The Morgan fingerprint density at radius 1 is 1.47 bits per heavy atom. The summed E-state index contributed by atoms with van der Waals surface area (Å²) in [6.07, 6.45) is 1.66. The van der Waals surface area contributed by atoms with Gasteiger partial charge in [-0.3, -0.25) is 5.41 Å². The van der Waals surface area contributed by atoms with Crippen LogP contribution in [0.3, 0.4) is 0 Å². The second-order valence-corrected chi connectivity index (χ2v) is 4.44. The van der Waals surface area contributed by atoms with Crippen LogP contribution in [0.15, 0.2) is 12.3 Å². The molecule has 4 heteroatoms. The topological polar surface area (TPSA) is 72.0 Å². The Morgan fingerprint density at radius 2 is 2.07 bits per heavy atom. The van der Waals surface area contributed by atoms with E-state index in [1.54, 1.807) is 6.20 Å². The molecular formula is C11H17N3O. The van der Waals surface area contributed by atoms with E-state index >= 15 is 0 Å². The molecule has 0 aliphatic rings. The average Bonchev–Trinajstić information content (AvgIpc) is 1.99. The number of rotatable bonds is 2. The van der Waals surface area contributed by atoms with Gasteiger partial charge in [-0.15, -0.1) is 0 Å². The van der Waals surface area contributed by atoms with Crippen LogP contribution in [-0.4, -0.2) is 16.4 Å². The van der Waals surface area contributed by atoms with Gasteiger partial charge in [0.25, 0.3) is 0 Å². The smallest absolute Gasteiger partial charge is 0.225 e. The normalized spacial score (nSPS) is 11.2. The Hall–Kier alpha value is -1.58. The van der Waals surface area contributed by atoms with Crippen LogP contribution < -0.4 is 10.5 Å². The summed E-state index contributed by atoms with van der Waals surface area (Å²) < 4.78 is 5.64. The number of nitrogens with one attached hydrogen (secondary N) is 1. The molecule has 0 spiro atoms. The van der Waals surface area contributed by atoms with Crippen LogP contribution >= 0.6 is 0 Å². The number of nitrogens with two attached hydrogens (primary N) is 1. The lowest BCUT2D eigenvalue weighted by Gasteiger charge is -2.22. The van der Waals surface area contributed by atoms with Crippen LogP contribution in [0.1, 0.15) is 31.9 Å². The van der Waals surface area contributed by atoms with Crippen LogP contribution in [-0.2, 0) is 0 Å². The molecule has 0 aromatic carbocycles. The predicted octanol–water partition coefficient (Wildman–Crippen LogP) is 1.85. The summed E-state index contributed by atoms with van der Waals surface area (Å²) in [6.45, 7) is 7.68. The number of pyridine rings is 1. The highest BCUT2D eigenvalue weighted by atomic mass is 16.5. The molecular weight excluding hydrogens is 190 g/mol. The third-order valence-corrected chi connectivity index (χ3v) is 1.80. The van der Waals surface area contributed by atoms with Crippen molar-refractivity contribution >= 4 is 5.84 Å². The number of amidine groups is 1. The molecule has 15 heavy (non-hydrogen) atoms. The summed E-state index contributed by atoms with van der Waals surface area (Å²) in [5, 5.41) is 7.48. The fraction of sp³-hybridized carbons (Fsp3) is 0.455. The van der Waals surface area contributed by atoms with Crippen molar-refractivity contribution in [2.24, 2.45) is 5.73 Å². The Balaban J connectivity index is 3.18. The van der Waals surface area contributed by atoms with Crippen molar-refractivity contribution in [2.75, 3.05) is 0 Å². The minimum absolute atomic E-state index is 0.0140. The van der Waals surface area contributed by atoms with Crippen LogP contribution in [0.25, 0.3) is 0 Å². The van der Waals surface area contributed by atoms with Gasteiger partial charge in [-0.2, -0.15) is 0 Å². The van der Waals surface area contributed by atoms with E-state index < -0.39 is 0 Å². The minimum Gasteiger partial charge on any atom is -0.471 e. The number of nitrogen functional groups attached to an aromatic ring is 1. The molecule has 3 N–H and O–H groups in total. The number of aryl methyl sites for hydroxylation is 1. The van der Waals surface area contributed by atoms with E-state index in [9.17, 15) is 0 Å². The third kappa shape index (κ3) is 2.94. The number of hydrogen-bond donors (Lipinski definition) is 2. The maximum absolute atomic E-state index is 7.48. The zero-order valence-corrected chi connectivity index (χ0v) is 9.59. The second-order valence-electron chi connectivity index (χ2n) is 4.44. The molecule has 4 nitrogen and oxygen atoms in total. The maximum atomic E-state index is 7.48. The van der Waals surface area contributed by atoms with Gasteiger partial charge in [-0.05, 0) is 39.3 Å². The van der Waals surface area contributed by atoms with Crippen molar-refractivity contribution in [1.29, 1.82) is 5.41 Å². The molecule has 82 valence electrons. The zero-order valence-electron chi connectivity index (χ0n) is 9.59. The third-order valence-electron chi connectivity index (χ3n) is 1.80. The first-order valence-corrected chi connectivity index (χ1v) is 4.80. The number of aromatic nitrogens is 1. The molecule has 0 atom stereocenters. The van der Waals surface area contributed by atoms with E-state index in [2.05, 4.69) is 4.98 Å². The number of hydrogen-bond acceptors (Lipinski definition) is 3. The van der Waals surface area contributed by atoms with E-state index in [1.165, 1.54) is 0 Å². The van der Waals surface area contributed by atoms with E-state index in [1.807, 2.05) is 33.8 Å². The SMILES string of the molecule is Cc1ccnc(OC(C)(C)C)c1C(=N)N. The van der Waals surface area contributed by atoms with E-state index in [0.29, 0.717) is 11.4 Å². The molecule has 0 aliphatic carbocycles. The van der Waals surface area contributed by atoms with Crippen LogP contribution in [0.5, 0.6) is 5.88 Å². The second kappa shape index (κ2) is 3.88. The molecule has 0 saturated carbocycles. The standard InChI is InChI=1S/C11H17N3O/c1-7-5-6-14-10(8(7)9(12)13)15-11(2,3)4/h5-6H,1-4H3,(H3,12,13). The van der Waals surface area contributed by atoms with Crippen molar-refractivity contribution in [1.82, 2.24) is 4.98 Å². The molecule has 0 bridgehead atoms. The van der Waals surface area contributed by atoms with Gasteiger partial charge in [0.15, 0.2) is 0 Å². The quantitative estimate of drug-likeness (QED) is 0.574. The van der Waals surface area contributed by atoms with Crippen LogP contribution in [0.2, 0.25) is 0 Å². The fourth-order valence-electron chi connectivity index (χ4n) is 1.23. The monoisotopic (exact) mass is 207 g/mol. The minimum atomic E-state index is -0.342. The molecule has 0 saturated heterocycles. The Kier molecular flexibility index (Phi) is 2.98. The van der Waals surface area contributed by atoms with Crippen LogP contribution in [0, 0.1) is 12.3 Å². The molecule has 0 unspecified atom stereocenters. The summed E-state index contributed by atoms with van der Waals surface area (Å²) in [5.41, 5.74) is 6.63. The van der Waals surface area contributed by atoms with Gasteiger partial charge < -0.3 is 10.5 Å².